The summed E-state index contributed by atoms with van der Waals surface area (Å²) in [7, 11) is 0. The topological polar surface area (TPSA) is 130 Å². The molecule has 2 aliphatic rings. The molecule has 0 aliphatic carbocycles. The van der Waals surface area contributed by atoms with Crippen LogP contribution < -0.4 is 5.32 Å². The summed E-state index contributed by atoms with van der Waals surface area (Å²) in [5, 5.41) is 14.2. The molecule has 3 aromatic rings. The van der Waals surface area contributed by atoms with Gasteiger partial charge in [-0.05, 0) is 94.7 Å². The van der Waals surface area contributed by atoms with Gasteiger partial charge in [-0.2, -0.15) is 0 Å². The van der Waals surface area contributed by atoms with Crippen LogP contribution in [-0.2, 0) is 57.3 Å². The van der Waals surface area contributed by atoms with E-state index in [1.54, 1.807) is 13.8 Å². The molecule has 0 unspecified atom stereocenters. The number of nitrogens with one attached hydrogen (secondary N) is 1. The van der Waals surface area contributed by atoms with Gasteiger partial charge in [0.1, 0.15) is 24.4 Å². The lowest BCUT2D eigenvalue weighted by atomic mass is 9.94. The van der Waals surface area contributed by atoms with E-state index in [9.17, 15) is 19.5 Å². The van der Waals surface area contributed by atoms with Crippen molar-refractivity contribution >= 4 is 17.8 Å². The molecular formula is C54H77NO9. The van der Waals surface area contributed by atoms with Crippen LogP contribution in [0.4, 0.5) is 0 Å². The summed E-state index contributed by atoms with van der Waals surface area (Å²) >= 11 is 0. The van der Waals surface area contributed by atoms with E-state index < -0.39 is 54.4 Å². The molecule has 2 aliphatic heterocycles. The average molecular weight is 884 g/mol. The van der Waals surface area contributed by atoms with E-state index in [1.165, 1.54) is 16.7 Å². The maximum Gasteiger partial charge on any atom is 0.306 e. The molecule has 10 heteroatoms. The summed E-state index contributed by atoms with van der Waals surface area (Å²) in [4.78, 5) is 40.4. The molecule has 64 heavy (non-hydrogen) atoms. The normalized spacial score (nSPS) is 20.8. The molecule has 6 atom stereocenters. The van der Waals surface area contributed by atoms with E-state index in [-0.39, 0.29) is 25.4 Å². The van der Waals surface area contributed by atoms with Crippen molar-refractivity contribution in [3.8, 4) is 0 Å². The van der Waals surface area contributed by atoms with Crippen LogP contribution in [-0.4, -0.2) is 72.1 Å². The van der Waals surface area contributed by atoms with Gasteiger partial charge in [0.15, 0.2) is 18.2 Å². The fourth-order valence-corrected chi connectivity index (χ4v) is 8.84. The highest BCUT2D eigenvalue weighted by Crippen LogP contribution is 2.34. The van der Waals surface area contributed by atoms with Crippen LogP contribution in [0.5, 0.6) is 0 Å². The second-order valence-electron chi connectivity index (χ2n) is 18.4. The van der Waals surface area contributed by atoms with Crippen molar-refractivity contribution in [3.63, 3.8) is 0 Å². The van der Waals surface area contributed by atoms with Crippen LogP contribution in [0.2, 0.25) is 0 Å². The standard InChI is InChI=1S/C54H77NO9/c1-54(2)60-41-46-51(64-54)52(63-49(58)39-27-10-6-4-8-17-29-43-33-21-14-22-34-43)50(53(59)62-46)55-47(56)40-45(37-25-12-11-18-30-44-35-23-15-24-36-44)61-48(57)38-26-9-5-3-7-16-28-42-31-19-13-20-32-42/h13-15,19-24,31-36,45-46,50-53,59H,3-12,16-18,25-30,37-41H2,1-2H3,(H,55,56)/t45-,46-,50-,51-,52-,53-/m1/s1. The summed E-state index contributed by atoms with van der Waals surface area (Å²) in [6, 6.07) is 30.4. The summed E-state index contributed by atoms with van der Waals surface area (Å²) in [5.74, 6) is -2.13. The fraction of sp³-hybridized carbons (Fsp3) is 0.611. The minimum Gasteiger partial charge on any atom is -0.462 e. The minimum atomic E-state index is -1.48. The number of carbonyl (C=O) groups is 3. The summed E-state index contributed by atoms with van der Waals surface area (Å²) < 4.78 is 30.0. The smallest absolute Gasteiger partial charge is 0.306 e. The fourth-order valence-electron chi connectivity index (χ4n) is 8.84. The molecule has 0 saturated carbocycles. The predicted octanol–water partition coefficient (Wildman–Crippen LogP) is 10.7. The molecule has 2 N–H and O–H groups in total. The van der Waals surface area contributed by atoms with Gasteiger partial charge in [0, 0.05) is 12.8 Å². The van der Waals surface area contributed by atoms with E-state index in [0.29, 0.717) is 19.3 Å². The summed E-state index contributed by atoms with van der Waals surface area (Å²) in [6.07, 6.45) is 15.6. The van der Waals surface area contributed by atoms with E-state index >= 15 is 0 Å². The maximum atomic E-state index is 13.9. The van der Waals surface area contributed by atoms with Crippen molar-refractivity contribution in [2.24, 2.45) is 0 Å². The second-order valence-corrected chi connectivity index (χ2v) is 18.4. The van der Waals surface area contributed by atoms with Gasteiger partial charge >= 0.3 is 11.9 Å². The van der Waals surface area contributed by atoms with Gasteiger partial charge in [-0.1, -0.05) is 155 Å². The van der Waals surface area contributed by atoms with Gasteiger partial charge in [-0.15, -0.1) is 0 Å². The van der Waals surface area contributed by atoms with Crippen molar-refractivity contribution in [3.05, 3.63) is 108 Å². The van der Waals surface area contributed by atoms with Crippen LogP contribution in [0, 0.1) is 0 Å². The number of carbonyl (C=O) groups excluding carboxylic acids is 3. The number of hydrogen-bond acceptors (Lipinski definition) is 9. The van der Waals surface area contributed by atoms with Gasteiger partial charge < -0.3 is 34.1 Å². The first kappa shape index (κ1) is 50.9. The Labute approximate surface area is 383 Å². The molecule has 5 rings (SSSR count). The number of esters is 2. The van der Waals surface area contributed by atoms with Crippen molar-refractivity contribution in [2.45, 2.75) is 204 Å². The van der Waals surface area contributed by atoms with Crippen LogP contribution in [0.15, 0.2) is 91.0 Å². The Morgan fingerprint density at radius 2 is 1.09 bits per heavy atom. The first-order chi connectivity index (χ1) is 31.1. The Hall–Kier alpha value is -4.09. The van der Waals surface area contributed by atoms with Crippen molar-refractivity contribution < 1.29 is 43.2 Å². The van der Waals surface area contributed by atoms with Gasteiger partial charge in [0.2, 0.25) is 5.91 Å². The molecule has 0 aromatic heterocycles. The summed E-state index contributed by atoms with van der Waals surface area (Å²) in [6.45, 7) is 3.67. The molecular weight excluding hydrogens is 807 g/mol. The largest absolute Gasteiger partial charge is 0.462 e. The number of amides is 1. The van der Waals surface area contributed by atoms with E-state index in [0.717, 1.165) is 116 Å². The molecule has 0 spiro atoms. The quantitative estimate of drug-likeness (QED) is 0.0496. The van der Waals surface area contributed by atoms with Crippen LogP contribution in [0.25, 0.3) is 0 Å². The van der Waals surface area contributed by atoms with Crippen LogP contribution in [0.1, 0.15) is 159 Å². The zero-order valence-corrected chi connectivity index (χ0v) is 38.8. The number of unbranched alkanes of at least 4 members (excludes halogenated alkanes) is 13. The van der Waals surface area contributed by atoms with Gasteiger partial charge in [0.25, 0.3) is 0 Å². The lowest BCUT2D eigenvalue weighted by Gasteiger charge is -2.49. The Morgan fingerprint density at radius 1 is 0.641 bits per heavy atom. The number of rotatable bonds is 30. The second kappa shape index (κ2) is 28.7. The highest BCUT2D eigenvalue weighted by Gasteiger charge is 2.53. The molecule has 352 valence electrons. The monoisotopic (exact) mass is 884 g/mol. The van der Waals surface area contributed by atoms with E-state index in [2.05, 4.69) is 78.1 Å². The molecule has 1 amide bonds. The lowest BCUT2D eigenvalue weighted by molar-refractivity contribution is -0.365. The number of aliphatic hydroxyl groups is 1. The van der Waals surface area contributed by atoms with Crippen molar-refractivity contribution in [2.75, 3.05) is 6.61 Å². The molecule has 0 bridgehead atoms. The number of hydrogen-bond donors (Lipinski definition) is 2. The lowest BCUT2D eigenvalue weighted by Crippen LogP contribution is -2.69. The Bertz CT molecular complexity index is 1740. The number of aryl methyl sites for hydroxylation is 3. The van der Waals surface area contributed by atoms with Crippen LogP contribution in [0.3, 0.4) is 0 Å². The highest BCUT2D eigenvalue weighted by molar-refractivity contribution is 5.78. The number of aliphatic hydroxyl groups excluding tert-OH is 1. The Morgan fingerprint density at radius 3 is 1.61 bits per heavy atom. The summed E-state index contributed by atoms with van der Waals surface area (Å²) in [5.41, 5.74) is 4.05. The number of benzene rings is 3. The molecule has 2 fully saturated rings. The van der Waals surface area contributed by atoms with Crippen molar-refractivity contribution in [1.82, 2.24) is 5.32 Å². The van der Waals surface area contributed by atoms with Crippen LogP contribution >= 0.6 is 0 Å². The first-order valence-electron chi connectivity index (χ1n) is 24.6. The molecule has 2 saturated heterocycles. The first-order valence-corrected chi connectivity index (χ1v) is 24.6. The minimum absolute atomic E-state index is 0.0873. The molecule has 10 nitrogen and oxygen atoms in total. The molecule has 0 radical (unpaired) electrons. The van der Waals surface area contributed by atoms with Gasteiger partial charge in [0.05, 0.1) is 13.0 Å². The Kier molecular flexibility index (Phi) is 22.9. The maximum absolute atomic E-state index is 13.9. The van der Waals surface area contributed by atoms with Gasteiger partial charge in [-0.3, -0.25) is 14.4 Å². The van der Waals surface area contributed by atoms with E-state index in [1.807, 2.05) is 18.2 Å². The number of fused-ring (bicyclic) bond motifs is 1. The number of ether oxygens (including phenoxy) is 5. The average Bonchev–Trinajstić information content (AvgIpc) is 3.29. The van der Waals surface area contributed by atoms with Gasteiger partial charge in [-0.25, -0.2) is 0 Å². The molecule has 3 aromatic carbocycles. The highest BCUT2D eigenvalue weighted by atomic mass is 16.7. The third-order valence-electron chi connectivity index (χ3n) is 12.4. The molecule has 2 heterocycles. The zero-order valence-electron chi connectivity index (χ0n) is 38.8. The third-order valence-corrected chi connectivity index (χ3v) is 12.4. The Balaban J connectivity index is 1.09. The van der Waals surface area contributed by atoms with Crippen molar-refractivity contribution in [1.29, 1.82) is 0 Å². The predicted molar refractivity (Wildman–Crippen MR) is 250 cm³/mol. The third kappa shape index (κ3) is 19.6. The SMILES string of the molecule is CC1(C)OC[C@H]2O[C@@H](O)[C@H](NC(=O)C[C@@H](CCCCCCc3ccccc3)OC(=O)CCCCCCCCc3ccccc3)[C@@H](OC(=O)CCCCCCCCc3ccccc3)[C@@H]2O1. The zero-order chi connectivity index (χ0) is 45.2. The van der Waals surface area contributed by atoms with E-state index in [4.69, 9.17) is 23.7 Å².